The third kappa shape index (κ3) is 3.90. The number of aromatic nitrogens is 1. The second-order valence-corrected chi connectivity index (χ2v) is 7.91. The van der Waals surface area contributed by atoms with Gasteiger partial charge in [-0.25, -0.2) is 4.98 Å². The van der Waals surface area contributed by atoms with Gasteiger partial charge in [-0.05, 0) is 56.7 Å². The van der Waals surface area contributed by atoms with Crippen molar-refractivity contribution in [2.45, 2.75) is 46.1 Å². The first-order chi connectivity index (χ1) is 11.4. The number of rotatable bonds is 4. The maximum atomic E-state index is 12.4. The molecule has 1 amide bonds. The van der Waals surface area contributed by atoms with Gasteiger partial charge in [0.15, 0.2) is 11.2 Å². The van der Waals surface area contributed by atoms with Crippen molar-refractivity contribution in [3.8, 4) is 5.75 Å². The van der Waals surface area contributed by atoms with Gasteiger partial charge in [-0.1, -0.05) is 24.6 Å². The molecule has 2 aromatic rings. The van der Waals surface area contributed by atoms with Gasteiger partial charge >= 0.3 is 0 Å². The van der Waals surface area contributed by atoms with E-state index in [1.807, 2.05) is 19.1 Å². The van der Waals surface area contributed by atoms with E-state index in [1.54, 1.807) is 24.3 Å². The highest BCUT2D eigenvalue weighted by molar-refractivity contribution is 7.15. The first-order valence-electron chi connectivity index (χ1n) is 8.14. The summed E-state index contributed by atoms with van der Waals surface area (Å²) < 4.78 is 5.71. The molecule has 128 valence electrons. The topological polar surface area (TPSA) is 51.2 Å². The van der Waals surface area contributed by atoms with Crippen LogP contribution in [0.2, 0.25) is 5.02 Å². The molecule has 0 fully saturated rings. The Balaban J connectivity index is 1.65. The lowest BCUT2D eigenvalue weighted by Crippen LogP contribution is -2.30. The first kappa shape index (κ1) is 17.2. The Morgan fingerprint density at radius 1 is 1.50 bits per heavy atom. The van der Waals surface area contributed by atoms with Crippen LogP contribution in [0.4, 0.5) is 5.13 Å². The Morgan fingerprint density at radius 3 is 3.08 bits per heavy atom. The molecular formula is C18H21ClN2O2S. The van der Waals surface area contributed by atoms with Crippen LogP contribution in [0.1, 0.15) is 36.4 Å². The normalized spacial score (nSPS) is 17.9. The Hall–Kier alpha value is -1.59. The maximum Gasteiger partial charge on any atom is 0.266 e. The van der Waals surface area contributed by atoms with E-state index >= 15 is 0 Å². The monoisotopic (exact) mass is 364 g/mol. The molecule has 1 aromatic heterocycles. The lowest BCUT2D eigenvalue weighted by atomic mass is 9.93. The average Bonchev–Trinajstić information content (AvgIpc) is 2.92. The molecule has 3 rings (SSSR count). The molecule has 1 N–H and O–H groups in total. The summed E-state index contributed by atoms with van der Waals surface area (Å²) in [4.78, 5) is 18.2. The van der Waals surface area contributed by atoms with Crippen LogP contribution in [0.15, 0.2) is 18.2 Å². The van der Waals surface area contributed by atoms with Crippen molar-refractivity contribution >= 4 is 34.0 Å². The van der Waals surface area contributed by atoms with Crippen LogP contribution in [0.25, 0.3) is 0 Å². The van der Waals surface area contributed by atoms with Crippen LogP contribution in [-0.2, 0) is 17.6 Å². The Bertz CT molecular complexity index is 759. The van der Waals surface area contributed by atoms with Crippen LogP contribution in [0.3, 0.4) is 0 Å². The van der Waals surface area contributed by atoms with Crippen LogP contribution >= 0.6 is 22.9 Å². The number of anilines is 1. The van der Waals surface area contributed by atoms with E-state index in [-0.39, 0.29) is 5.91 Å². The number of nitrogens with zero attached hydrogens (tertiary/aromatic N) is 1. The van der Waals surface area contributed by atoms with Gasteiger partial charge in [-0.2, -0.15) is 0 Å². The minimum absolute atomic E-state index is 0.216. The molecule has 0 bridgehead atoms. The molecule has 1 aliphatic carbocycles. The number of halogens is 1. The van der Waals surface area contributed by atoms with Crippen molar-refractivity contribution in [2.75, 3.05) is 5.32 Å². The second kappa shape index (κ2) is 7.11. The summed E-state index contributed by atoms with van der Waals surface area (Å²) in [6, 6.07) is 5.50. The molecule has 1 heterocycles. The third-order valence-electron chi connectivity index (χ3n) is 4.18. The van der Waals surface area contributed by atoms with Crippen molar-refractivity contribution in [1.29, 1.82) is 0 Å². The Kier molecular flexibility index (Phi) is 5.11. The number of fused-ring (bicyclic) bond motifs is 1. The Labute approximate surface area is 151 Å². The zero-order valence-electron chi connectivity index (χ0n) is 14.1. The van der Waals surface area contributed by atoms with Crippen LogP contribution in [0, 0.1) is 12.8 Å². The fraction of sp³-hybridized carbons (Fsp3) is 0.444. The minimum atomic E-state index is -0.649. The van der Waals surface area contributed by atoms with Crippen molar-refractivity contribution < 1.29 is 9.53 Å². The number of ether oxygens (including phenoxy) is 1. The molecule has 1 aliphatic rings. The van der Waals surface area contributed by atoms with E-state index < -0.39 is 6.10 Å². The first-order valence-corrected chi connectivity index (χ1v) is 9.34. The lowest BCUT2D eigenvalue weighted by molar-refractivity contribution is -0.122. The average molecular weight is 365 g/mol. The fourth-order valence-corrected chi connectivity index (χ4v) is 4.08. The molecule has 0 radical (unpaired) electrons. The molecule has 1 aromatic carbocycles. The molecule has 24 heavy (non-hydrogen) atoms. The summed E-state index contributed by atoms with van der Waals surface area (Å²) in [7, 11) is 0. The summed E-state index contributed by atoms with van der Waals surface area (Å²) in [6.45, 7) is 5.92. The van der Waals surface area contributed by atoms with E-state index in [9.17, 15) is 4.79 Å². The van der Waals surface area contributed by atoms with Crippen LogP contribution in [-0.4, -0.2) is 17.0 Å². The summed E-state index contributed by atoms with van der Waals surface area (Å²) >= 11 is 7.69. The predicted molar refractivity (Wildman–Crippen MR) is 98.2 cm³/mol. The maximum absolute atomic E-state index is 12.4. The van der Waals surface area contributed by atoms with E-state index in [4.69, 9.17) is 16.3 Å². The number of aryl methyl sites for hydroxylation is 2. The van der Waals surface area contributed by atoms with Gasteiger partial charge in [0.05, 0.1) is 10.7 Å². The van der Waals surface area contributed by atoms with Crippen molar-refractivity contribution in [3.05, 3.63) is 39.4 Å². The van der Waals surface area contributed by atoms with E-state index in [2.05, 4.69) is 17.2 Å². The summed E-state index contributed by atoms with van der Waals surface area (Å²) in [5.74, 6) is 0.991. The molecular weight excluding hydrogens is 344 g/mol. The minimum Gasteiger partial charge on any atom is -0.479 e. The third-order valence-corrected chi connectivity index (χ3v) is 5.52. The highest BCUT2D eigenvalue weighted by atomic mass is 35.5. The summed E-state index contributed by atoms with van der Waals surface area (Å²) in [5.41, 5.74) is 2.16. The number of benzene rings is 1. The van der Waals surface area contributed by atoms with Crippen molar-refractivity contribution in [3.63, 3.8) is 0 Å². The molecule has 0 aliphatic heterocycles. The number of hydrogen-bond donors (Lipinski definition) is 1. The highest BCUT2D eigenvalue weighted by Gasteiger charge is 2.22. The zero-order chi connectivity index (χ0) is 17.3. The molecule has 6 heteroatoms. The van der Waals surface area contributed by atoms with E-state index in [0.717, 1.165) is 30.5 Å². The van der Waals surface area contributed by atoms with Crippen molar-refractivity contribution in [2.24, 2.45) is 5.92 Å². The standard InChI is InChI=1S/C18H21ClN2O2S/c1-10-4-6-13(19)15(8-10)23-12(3)17(22)21-18-20-14-7-5-11(2)9-16(14)24-18/h4,6,8,11-12H,5,7,9H2,1-3H3,(H,20,21,22)/t11-,12+/m1/s1. The van der Waals surface area contributed by atoms with Gasteiger partial charge in [-0.3, -0.25) is 10.1 Å². The van der Waals surface area contributed by atoms with Gasteiger partial charge in [0.2, 0.25) is 0 Å². The number of nitrogens with one attached hydrogen (secondary N) is 1. The predicted octanol–water partition coefficient (Wildman–Crippen LogP) is 4.64. The summed E-state index contributed by atoms with van der Waals surface area (Å²) in [6.07, 6.45) is 2.56. The zero-order valence-corrected chi connectivity index (χ0v) is 15.6. The van der Waals surface area contributed by atoms with Gasteiger partial charge < -0.3 is 4.74 Å². The van der Waals surface area contributed by atoms with E-state index in [0.29, 0.717) is 21.8 Å². The van der Waals surface area contributed by atoms with Crippen molar-refractivity contribution in [1.82, 2.24) is 4.98 Å². The van der Waals surface area contributed by atoms with Gasteiger partial charge in [-0.15, -0.1) is 11.3 Å². The highest BCUT2D eigenvalue weighted by Crippen LogP contribution is 2.32. The molecule has 0 unspecified atom stereocenters. The number of carbonyl (C=O) groups excluding carboxylic acids is 1. The summed E-state index contributed by atoms with van der Waals surface area (Å²) in [5, 5.41) is 4.02. The quantitative estimate of drug-likeness (QED) is 0.860. The smallest absolute Gasteiger partial charge is 0.266 e. The van der Waals surface area contributed by atoms with Gasteiger partial charge in [0, 0.05) is 4.88 Å². The van der Waals surface area contributed by atoms with E-state index in [1.165, 1.54) is 4.88 Å². The number of thiazole rings is 1. The van der Waals surface area contributed by atoms with Gasteiger partial charge in [0.1, 0.15) is 5.75 Å². The number of hydrogen-bond acceptors (Lipinski definition) is 4. The molecule has 2 atom stereocenters. The fourth-order valence-electron chi connectivity index (χ4n) is 2.75. The van der Waals surface area contributed by atoms with Gasteiger partial charge in [0.25, 0.3) is 5.91 Å². The molecule has 0 saturated carbocycles. The van der Waals surface area contributed by atoms with Crippen LogP contribution < -0.4 is 10.1 Å². The molecule has 0 saturated heterocycles. The van der Waals surface area contributed by atoms with Crippen LogP contribution in [0.5, 0.6) is 5.75 Å². The lowest BCUT2D eigenvalue weighted by Gasteiger charge is -2.15. The molecule has 0 spiro atoms. The number of amides is 1. The number of carbonyl (C=O) groups is 1. The largest absolute Gasteiger partial charge is 0.479 e. The SMILES string of the molecule is Cc1ccc(Cl)c(O[C@@H](C)C(=O)Nc2nc3c(s2)C[C@H](C)CC3)c1. The molecule has 4 nitrogen and oxygen atoms in total. The Morgan fingerprint density at radius 2 is 2.29 bits per heavy atom. The second-order valence-electron chi connectivity index (χ2n) is 6.42.